The Balaban J connectivity index is 2.11. The second-order valence-corrected chi connectivity index (χ2v) is 6.22. The molecule has 2 rings (SSSR count). The van der Waals surface area contributed by atoms with Gasteiger partial charge in [0.05, 0.1) is 16.7 Å². The fourth-order valence-electron chi connectivity index (χ4n) is 1.69. The smallest absolute Gasteiger partial charge is 0.338 e. The third-order valence-electron chi connectivity index (χ3n) is 2.78. The molecule has 2 aromatic rings. The molecule has 0 aliphatic heterocycles. The Morgan fingerprint density at radius 3 is 2.81 bits per heavy atom. The molecule has 1 aromatic heterocycles. The first kappa shape index (κ1) is 15.2. The van der Waals surface area contributed by atoms with Gasteiger partial charge in [-0.15, -0.1) is 0 Å². The van der Waals surface area contributed by atoms with Gasteiger partial charge in [-0.2, -0.15) is 5.10 Å². The largest absolute Gasteiger partial charge is 0.457 e. The van der Waals surface area contributed by atoms with Gasteiger partial charge in [0.25, 0.3) is 0 Å². The molecule has 0 atom stereocenters. The molecular formula is C13H15N3O4S. The minimum Gasteiger partial charge on any atom is -0.457 e. The van der Waals surface area contributed by atoms with Gasteiger partial charge >= 0.3 is 5.97 Å². The molecule has 0 saturated carbocycles. The van der Waals surface area contributed by atoms with E-state index in [1.54, 1.807) is 24.1 Å². The summed E-state index contributed by atoms with van der Waals surface area (Å²) in [5.41, 5.74) is 0.931. The molecule has 0 fully saturated rings. The number of sulfonamides is 1. The number of hydrogen-bond acceptors (Lipinski definition) is 5. The average Bonchev–Trinajstić information content (AvgIpc) is 2.90. The third kappa shape index (κ3) is 3.67. The highest BCUT2D eigenvalue weighted by Crippen LogP contribution is 2.13. The summed E-state index contributed by atoms with van der Waals surface area (Å²) in [6, 6.07) is 5.67. The van der Waals surface area contributed by atoms with Gasteiger partial charge in [0, 0.05) is 18.8 Å². The summed E-state index contributed by atoms with van der Waals surface area (Å²) in [5, 5.41) is 3.96. The molecule has 0 spiro atoms. The van der Waals surface area contributed by atoms with Gasteiger partial charge in [0.2, 0.25) is 10.0 Å². The molecule has 1 N–H and O–H groups in total. The number of carbonyl (C=O) groups is 1. The van der Waals surface area contributed by atoms with Crippen molar-refractivity contribution < 1.29 is 17.9 Å². The molecule has 0 amide bonds. The lowest BCUT2D eigenvalue weighted by atomic mass is 10.2. The first-order valence-corrected chi connectivity index (χ1v) is 7.59. The zero-order chi connectivity index (χ0) is 15.5. The number of ether oxygens (including phenoxy) is 1. The van der Waals surface area contributed by atoms with Crippen molar-refractivity contribution in [2.75, 3.05) is 7.05 Å². The van der Waals surface area contributed by atoms with E-state index in [1.807, 2.05) is 0 Å². The van der Waals surface area contributed by atoms with Crippen LogP contribution in [-0.4, -0.2) is 31.2 Å². The second kappa shape index (κ2) is 6.06. The number of hydrogen-bond donors (Lipinski definition) is 1. The molecule has 0 saturated heterocycles. The van der Waals surface area contributed by atoms with E-state index in [2.05, 4.69) is 9.82 Å². The Bertz CT molecular complexity index is 752. The van der Waals surface area contributed by atoms with E-state index >= 15 is 0 Å². The van der Waals surface area contributed by atoms with Gasteiger partial charge in [-0.25, -0.2) is 17.9 Å². The Morgan fingerprint density at radius 2 is 2.19 bits per heavy atom. The normalized spacial score (nSPS) is 11.3. The monoisotopic (exact) mass is 309 g/mol. The molecule has 7 nitrogen and oxygen atoms in total. The van der Waals surface area contributed by atoms with E-state index in [-0.39, 0.29) is 17.1 Å². The van der Waals surface area contributed by atoms with E-state index in [0.29, 0.717) is 0 Å². The van der Waals surface area contributed by atoms with Crippen molar-refractivity contribution in [1.82, 2.24) is 14.5 Å². The fraction of sp³-hybridized carbons (Fsp3) is 0.231. The van der Waals surface area contributed by atoms with Gasteiger partial charge < -0.3 is 4.74 Å². The van der Waals surface area contributed by atoms with Crippen molar-refractivity contribution in [2.45, 2.75) is 11.5 Å². The van der Waals surface area contributed by atoms with Crippen molar-refractivity contribution in [2.24, 2.45) is 7.05 Å². The lowest BCUT2D eigenvalue weighted by Gasteiger charge is -2.06. The van der Waals surface area contributed by atoms with Gasteiger partial charge in [-0.3, -0.25) is 4.68 Å². The molecule has 0 radical (unpaired) electrons. The van der Waals surface area contributed by atoms with Gasteiger partial charge in [0.15, 0.2) is 0 Å². The number of rotatable bonds is 5. The van der Waals surface area contributed by atoms with E-state index in [4.69, 9.17) is 4.74 Å². The lowest BCUT2D eigenvalue weighted by Crippen LogP contribution is -2.19. The van der Waals surface area contributed by atoms with Crippen molar-refractivity contribution in [3.63, 3.8) is 0 Å². The number of aryl methyl sites for hydroxylation is 1. The first-order valence-electron chi connectivity index (χ1n) is 6.10. The molecular weight excluding hydrogens is 294 g/mol. The summed E-state index contributed by atoms with van der Waals surface area (Å²) in [4.78, 5) is 11.9. The van der Waals surface area contributed by atoms with Crippen LogP contribution in [0.5, 0.6) is 0 Å². The molecule has 0 aliphatic carbocycles. The summed E-state index contributed by atoms with van der Waals surface area (Å²) < 4.78 is 32.3. The van der Waals surface area contributed by atoms with Crippen LogP contribution >= 0.6 is 0 Å². The molecule has 1 aromatic carbocycles. The minimum absolute atomic E-state index is 0.0147. The van der Waals surface area contributed by atoms with E-state index in [0.717, 1.165) is 5.56 Å². The number of benzene rings is 1. The van der Waals surface area contributed by atoms with Crippen molar-refractivity contribution in [3.8, 4) is 0 Å². The zero-order valence-corrected chi connectivity index (χ0v) is 12.4. The Labute approximate surface area is 122 Å². The topological polar surface area (TPSA) is 90.3 Å². The van der Waals surface area contributed by atoms with Crippen LogP contribution in [0.3, 0.4) is 0 Å². The molecule has 112 valence electrons. The van der Waals surface area contributed by atoms with Crippen LogP contribution in [0.2, 0.25) is 0 Å². The van der Waals surface area contributed by atoms with Crippen LogP contribution in [0.4, 0.5) is 0 Å². The Kier molecular flexibility index (Phi) is 4.39. The molecule has 21 heavy (non-hydrogen) atoms. The number of carbonyl (C=O) groups excluding carboxylic acids is 1. The van der Waals surface area contributed by atoms with Crippen LogP contribution in [-0.2, 0) is 28.4 Å². The van der Waals surface area contributed by atoms with Crippen LogP contribution in [0.1, 0.15) is 15.9 Å². The summed E-state index contributed by atoms with van der Waals surface area (Å²) in [5.74, 6) is -0.591. The van der Waals surface area contributed by atoms with Crippen LogP contribution in [0.25, 0.3) is 0 Å². The van der Waals surface area contributed by atoms with Gasteiger partial charge in [-0.05, 0) is 25.2 Å². The molecule has 0 aliphatic rings. The Morgan fingerprint density at radius 1 is 1.43 bits per heavy atom. The maximum atomic E-state index is 11.9. The Hall–Kier alpha value is -2.19. The predicted molar refractivity (Wildman–Crippen MR) is 75.0 cm³/mol. The summed E-state index contributed by atoms with van der Waals surface area (Å²) in [7, 11) is -0.520. The van der Waals surface area contributed by atoms with Crippen LogP contribution < -0.4 is 4.72 Å². The summed E-state index contributed by atoms with van der Waals surface area (Å²) >= 11 is 0. The summed E-state index contributed by atoms with van der Waals surface area (Å²) in [6.45, 7) is 0.0790. The van der Waals surface area contributed by atoms with Crippen LogP contribution in [0.15, 0.2) is 41.6 Å². The lowest BCUT2D eigenvalue weighted by molar-refractivity contribution is 0.0472. The second-order valence-electron chi connectivity index (χ2n) is 4.33. The van der Waals surface area contributed by atoms with E-state index in [9.17, 15) is 13.2 Å². The number of esters is 1. The number of aromatic nitrogens is 2. The van der Waals surface area contributed by atoms with Crippen molar-refractivity contribution in [1.29, 1.82) is 0 Å². The minimum atomic E-state index is -3.59. The maximum Gasteiger partial charge on any atom is 0.338 e. The standard InChI is InChI=1S/C13H15N3O4S/c1-14-21(18,19)12-5-3-4-11(6-12)13(17)20-9-10-7-15-16(2)8-10/h3-8,14H,9H2,1-2H3. The molecule has 8 heteroatoms. The molecule has 0 unspecified atom stereocenters. The van der Waals surface area contributed by atoms with Gasteiger partial charge in [0.1, 0.15) is 6.61 Å². The SMILES string of the molecule is CNS(=O)(=O)c1cccc(C(=O)OCc2cnn(C)c2)c1. The molecule has 0 bridgehead atoms. The van der Waals surface area contributed by atoms with Crippen molar-refractivity contribution in [3.05, 3.63) is 47.8 Å². The molecule has 1 heterocycles. The van der Waals surface area contributed by atoms with Gasteiger partial charge in [-0.1, -0.05) is 6.07 Å². The average molecular weight is 309 g/mol. The number of nitrogens with zero attached hydrogens (tertiary/aromatic N) is 2. The van der Waals surface area contributed by atoms with E-state index in [1.165, 1.54) is 31.3 Å². The predicted octanol–water partition coefficient (Wildman–Crippen LogP) is 0.685. The van der Waals surface area contributed by atoms with Crippen molar-refractivity contribution >= 4 is 16.0 Å². The third-order valence-corrected chi connectivity index (χ3v) is 4.19. The fourth-order valence-corrected chi connectivity index (χ4v) is 2.46. The summed E-state index contributed by atoms with van der Waals surface area (Å²) in [6.07, 6.45) is 3.32. The number of nitrogens with one attached hydrogen (secondary N) is 1. The van der Waals surface area contributed by atoms with Crippen LogP contribution in [0, 0.1) is 0 Å². The van der Waals surface area contributed by atoms with E-state index < -0.39 is 16.0 Å². The highest BCUT2D eigenvalue weighted by Gasteiger charge is 2.15. The zero-order valence-electron chi connectivity index (χ0n) is 11.6. The first-order chi connectivity index (χ1) is 9.92. The maximum absolute atomic E-state index is 11.9. The highest BCUT2D eigenvalue weighted by molar-refractivity contribution is 7.89. The highest BCUT2D eigenvalue weighted by atomic mass is 32.2. The quantitative estimate of drug-likeness (QED) is 0.821.